The number of pyridine rings is 1. The molecule has 2 aromatic heterocycles. The Hall–Kier alpha value is -3.65. The highest BCUT2D eigenvalue weighted by Crippen LogP contribution is 2.27. The van der Waals surface area contributed by atoms with Crippen LogP contribution in [0.2, 0.25) is 0 Å². The zero-order chi connectivity index (χ0) is 20.5. The number of carbonyl (C=O) groups is 1. The Morgan fingerprint density at radius 2 is 1.93 bits per heavy atom. The summed E-state index contributed by atoms with van der Waals surface area (Å²) in [4.78, 5) is 11.8. The summed E-state index contributed by atoms with van der Waals surface area (Å²) in [6.45, 7) is 0. The number of aliphatic hydroxyl groups is 1. The Balaban J connectivity index is 1.78. The molecule has 4 rings (SSSR count). The van der Waals surface area contributed by atoms with Crippen LogP contribution in [0.25, 0.3) is 17.0 Å². The molecule has 0 aliphatic rings. The maximum Gasteiger partial charge on any atom is 0.337 e. The number of carbonyl (C=O) groups excluding carboxylic acids is 1. The molecule has 0 bridgehead atoms. The molecule has 1 N–H and O–H groups in total. The van der Waals surface area contributed by atoms with Gasteiger partial charge in [-0.15, -0.1) is 10.2 Å². The van der Waals surface area contributed by atoms with Crippen LogP contribution in [0, 0.1) is 11.6 Å². The van der Waals surface area contributed by atoms with Gasteiger partial charge in [0.05, 0.1) is 12.7 Å². The standard InChI is InChI=1S/C21H15F2N3O3/c1-29-21(28)13-4-2-3-12(9-13)20-25-24-18-8-5-14(11-26(18)20)19(27)16-7-6-15(22)10-17(16)23/h2-11,19,27H,1H3. The third-order valence-electron chi connectivity index (χ3n) is 4.54. The zero-order valence-electron chi connectivity index (χ0n) is 15.2. The van der Waals surface area contributed by atoms with E-state index in [1.165, 1.54) is 13.2 Å². The van der Waals surface area contributed by atoms with E-state index in [1.54, 1.807) is 47.0 Å². The molecule has 8 heteroatoms. The fourth-order valence-corrected chi connectivity index (χ4v) is 3.07. The number of aromatic nitrogens is 3. The molecule has 4 aromatic rings. The van der Waals surface area contributed by atoms with Crippen molar-refractivity contribution in [3.8, 4) is 11.4 Å². The van der Waals surface area contributed by atoms with E-state index in [0.29, 0.717) is 28.2 Å². The van der Waals surface area contributed by atoms with Gasteiger partial charge < -0.3 is 9.84 Å². The summed E-state index contributed by atoms with van der Waals surface area (Å²) < 4.78 is 33.6. The van der Waals surface area contributed by atoms with Crippen molar-refractivity contribution in [1.82, 2.24) is 14.6 Å². The second kappa shape index (κ2) is 7.40. The van der Waals surface area contributed by atoms with Crippen LogP contribution in [-0.4, -0.2) is 32.8 Å². The predicted octanol–water partition coefficient (Wildman–Crippen LogP) is 3.54. The molecule has 0 aliphatic heterocycles. The predicted molar refractivity (Wildman–Crippen MR) is 100 cm³/mol. The lowest BCUT2D eigenvalue weighted by Gasteiger charge is -2.13. The van der Waals surface area contributed by atoms with Gasteiger partial charge in [0.2, 0.25) is 0 Å². The van der Waals surface area contributed by atoms with E-state index in [0.717, 1.165) is 12.1 Å². The highest BCUT2D eigenvalue weighted by atomic mass is 19.1. The largest absolute Gasteiger partial charge is 0.465 e. The first-order valence-electron chi connectivity index (χ1n) is 8.64. The maximum absolute atomic E-state index is 14.1. The number of esters is 1. The first kappa shape index (κ1) is 18.7. The molecule has 0 saturated heterocycles. The van der Waals surface area contributed by atoms with Crippen LogP contribution < -0.4 is 0 Å². The third kappa shape index (κ3) is 3.45. The van der Waals surface area contributed by atoms with Gasteiger partial charge in [-0.3, -0.25) is 4.40 Å². The Labute approximate surface area is 164 Å². The highest BCUT2D eigenvalue weighted by molar-refractivity contribution is 5.90. The highest BCUT2D eigenvalue weighted by Gasteiger charge is 2.18. The van der Waals surface area contributed by atoms with Crippen LogP contribution in [0.5, 0.6) is 0 Å². The second-order valence-corrected chi connectivity index (χ2v) is 6.35. The van der Waals surface area contributed by atoms with Crippen LogP contribution in [0.3, 0.4) is 0 Å². The molecular weight excluding hydrogens is 380 g/mol. The first-order chi connectivity index (χ1) is 14.0. The lowest BCUT2D eigenvalue weighted by atomic mass is 10.0. The number of halogens is 2. The maximum atomic E-state index is 14.1. The fourth-order valence-electron chi connectivity index (χ4n) is 3.07. The number of rotatable bonds is 4. The molecule has 1 unspecified atom stereocenters. The van der Waals surface area contributed by atoms with Crippen molar-refractivity contribution in [1.29, 1.82) is 0 Å². The molecule has 29 heavy (non-hydrogen) atoms. The smallest absolute Gasteiger partial charge is 0.337 e. The number of nitrogens with zero attached hydrogens (tertiary/aromatic N) is 3. The van der Waals surface area contributed by atoms with E-state index >= 15 is 0 Å². The number of hydrogen-bond acceptors (Lipinski definition) is 5. The summed E-state index contributed by atoms with van der Waals surface area (Å²) in [6, 6.07) is 12.9. The lowest BCUT2D eigenvalue weighted by Crippen LogP contribution is -2.05. The normalized spacial score (nSPS) is 12.1. The van der Waals surface area contributed by atoms with Crippen LogP contribution in [-0.2, 0) is 4.74 Å². The summed E-state index contributed by atoms with van der Waals surface area (Å²) in [5, 5.41) is 18.8. The molecule has 146 valence electrons. The van der Waals surface area contributed by atoms with E-state index in [9.17, 15) is 18.7 Å². The monoisotopic (exact) mass is 395 g/mol. The number of fused-ring (bicyclic) bond motifs is 1. The Kier molecular flexibility index (Phi) is 4.77. The van der Waals surface area contributed by atoms with Gasteiger partial charge in [-0.1, -0.05) is 24.3 Å². The first-order valence-corrected chi connectivity index (χ1v) is 8.64. The van der Waals surface area contributed by atoms with Gasteiger partial charge in [0.25, 0.3) is 0 Å². The van der Waals surface area contributed by atoms with Gasteiger partial charge in [0.1, 0.15) is 17.7 Å². The van der Waals surface area contributed by atoms with Gasteiger partial charge in [0.15, 0.2) is 11.5 Å². The molecule has 0 amide bonds. The Morgan fingerprint density at radius 1 is 1.10 bits per heavy atom. The second-order valence-electron chi connectivity index (χ2n) is 6.35. The molecule has 0 fully saturated rings. The average Bonchev–Trinajstić information content (AvgIpc) is 3.16. The van der Waals surface area contributed by atoms with Gasteiger partial charge in [-0.2, -0.15) is 0 Å². The van der Waals surface area contributed by atoms with E-state index < -0.39 is 23.7 Å². The molecule has 2 heterocycles. The third-order valence-corrected chi connectivity index (χ3v) is 4.54. The topological polar surface area (TPSA) is 76.7 Å². The minimum Gasteiger partial charge on any atom is -0.465 e. The van der Waals surface area contributed by atoms with Gasteiger partial charge in [-0.25, -0.2) is 13.6 Å². The minimum absolute atomic E-state index is 0.0481. The molecule has 2 aromatic carbocycles. The minimum atomic E-state index is -1.31. The van der Waals surface area contributed by atoms with Crippen molar-refractivity contribution < 1.29 is 23.4 Å². The average molecular weight is 395 g/mol. The molecular formula is C21H15F2N3O3. The summed E-state index contributed by atoms with van der Waals surface area (Å²) in [5.41, 5.74) is 1.78. The van der Waals surface area contributed by atoms with Crippen LogP contribution in [0.15, 0.2) is 60.8 Å². The van der Waals surface area contributed by atoms with Gasteiger partial charge in [-0.05, 0) is 24.3 Å². The van der Waals surface area contributed by atoms with E-state index in [-0.39, 0.29) is 5.56 Å². The molecule has 0 aliphatic carbocycles. The van der Waals surface area contributed by atoms with Crippen molar-refractivity contribution in [2.24, 2.45) is 0 Å². The quantitative estimate of drug-likeness (QED) is 0.535. The van der Waals surface area contributed by atoms with Crippen molar-refractivity contribution in [3.63, 3.8) is 0 Å². The van der Waals surface area contributed by atoms with Crippen molar-refractivity contribution >= 4 is 11.6 Å². The van der Waals surface area contributed by atoms with Crippen molar-refractivity contribution in [2.75, 3.05) is 7.11 Å². The molecule has 1 atom stereocenters. The van der Waals surface area contributed by atoms with Crippen LogP contribution in [0.4, 0.5) is 8.78 Å². The van der Waals surface area contributed by atoms with E-state index in [2.05, 4.69) is 10.2 Å². The fraction of sp³-hybridized carbons (Fsp3) is 0.0952. The number of aliphatic hydroxyl groups excluding tert-OH is 1. The summed E-state index contributed by atoms with van der Waals surface area (Å²) >= 11 is 0. The Morgan fingerprint density at radius 3 is 2.69 bits per heavy atom. The van der Waals surface area contributed by atoms with Crippen molar-refractivity contribution in [3.05, 3.63) is 89.1 Å². The number of benzene rings is 2. The SMILES string of the molecule is COC(=O)c1cccc(-c2nnc3ccc(C(O)c4ccc(F)cc4F)cn23)c1. The number of methoxy groups -OCH3 is 1. The molecule has 0 spiro atoms. The number of ether oxygens (including phenoxy) is 1. The lowest BCUT2D eigenvalue weighted by molar-refractivity contribution is 0.0600. The summed E-state index contributed by atoms with van der Waals surface area (Å²) in [5.74, 6) is -1.62. The van der Waals surface area contributed by atoms with E-state index in [4.69, 9.17) is 4.74 Å². The molecule has 0 radical (unpaired) electrons. The van der Waals surface area contributed by atoms with Gasteiger partial charge >= 0.3 is 5.97 Å². The molecule has 6 nitrogen and oxygen atoms in total. The summed E-state index contributed by atoms with van der Waals surface area (Å²) in [6.07, 6.45) is 0.264. The van der Waals surface area contributed by atoms with Crippen LogP contribution >= 0.6 is 0 Å². The van der Waals surface area contributed by atoms with Crippen LogP contribution in [0.1, 0.15) is 27.6 Å². The van der Waals surface area contributed by atoms with Gasteiger partial charge in [0, 0.05) is 29.0 Å². The summed E-state index contributed by atoms with van der Waals surface area (Å²) in [7, 11) is 1.30. The number of hydrogen-bond donors (Lipinski definition) is 1. The Bertz CT molecular complexity index is 1220. The zero-order valence-corrected chi connectivity index (χ0v) is 15.2. The molecule has 0 saturated carbocycles. The van der Waals surface area contributed by atoms with E-state index in [1.807, 2.05) is 0 Å². The van der Waals surface area contributed by atoms with Crippen molar-refractivity contribution in [2.45, 2.75) is 6.10 Å².